The molecule has 2 aromatic rings. The maximum atomic E-state index is 14.9. The number of aromatic nitrogens is 2. The second-order valence-electron chi connectivity index (χ2n) is 9.57. The Hall–Kier alpha value is -3.68. The van der Waals surface area contributed by atoms with Gasteiger partial charge in [0.05, 0.1) is 17.4 Å². The van der Waals surface area contributed by atoms with Crippen LogP contribution in [0.5, 0.6) is 0 Å². The molecular formula is C24H33F2N7O2. The van der Waals surface area contributed by atoms with Crippen LogP contribution in [0.15, 0.2) is 18.3 Å². The maximum Gasteiger partial charge on any atom is 0.407 e. The Labute approximate surface area is 204 Å². The fraction of sp³-hybridized carbons (Fsp3) is 0.500. The van der Waals surface area contributed by atoms with Crippen molar-refractivity contribution in [3.8, 4) is 6.07 Å². The quantitative estimate of drug-likeness (QED) is 0.381. The topological polar surface area (TPSA) is 124 Å². The Kier molecular flexibility index (Phi) is 9.17. The molecule has 11 heteroatoms. The monoisotopic (exact) mass is 489 g/mol. The average Bonchev–Trinajstić information content (AvgIpc) is 2.73. The van der Waals surface area contributed by atoms with Crippen LogP contribution in [0, 0.1) is 28.9 Å². The minimum absolute atomic E-state index is 0.0332. The first-order chi connectivity index (χ1) is 16.3. The fourth-order valence-corrected chi connectivity index (χ4v) is 3.26. The summed E-state index contributed by atoms with van der Waals surface area (Å²) in [7, 11) is 1.54. The molecule has 35 heavy (non-hydrogen) atoms. The van der Waals surface area contributed by atoms with Gasteiger partial charge in [-0.1, -0.05) is 13.8 Å². The Bertz CT molecular complexity index is 1080. The van der Waals surface area contributed by atoms with Crippen molar-refractivity contribution in [2.45, 2.75) is 65.6 Å². The van der Waals surface area contributed by atoms with E-state index in [1.54, 1.807) is 27.7 Å². The molecule has 190 valence electrons. The molecule has 0 spiro atoms. The van der Waals surface area contributed by atoms with E-state index in [4.69, 9.17) is 4.74 Å². The maximum absolute atomic E-state index is 14.9. The van der Waals surface area contributed by atoms with Crippen molar-refractivity contribution < 1.29 is 18.3 Å². The molecule has 0 unspecified atom stereocenters. The molecule has 0 saturated heterocycles. The van der Waals surface area contributed by atoms with Gasteiger partial charge in [-0.25, -0.2) is 23.5 Å². The number of carbonyl (C=O) groups excluding carboxylic acids is 1. The van der Waals surface area contributed by atoms with Crippen molar-refractivity contribution in [1.29, 1.82) is 5.26 Å². The zero-order valence-corrected chi connectivity index (χ0v) is 21.1. The minimum Gasteiger partial charge on any atom is -0.444 e. The molecule has 0 aromatic carbocycles. The molecule has 2 heterocycles. The number of anilines is 4. The van der Waals surface area contributed by atoms with Crippen LogP contribution in [0.25, 0.3) is 0 Å². The summed E-state index contributed by atoms with van der Waals surface area (Å²) < 4.78 is 34.3. The Morgan fingerprint density at radius 1 is 1.14 bits per heavy atom. The van der Waals surface area contributed by atoms with E-state index in [1.807, 2.05) is 19.9 Å². The molecule has 0 bridgehead atoms. The summed E-state index contributed by atoms with van der Waals surface area (Å²) in [6.07, 6.45) is 1.36. The van der Waals surface area contributed by atoms with Gasteiger partial charge in [-0.3, -0.25) is 0 Å². The number of pyridine rings is 2. The molecule has 0 saturated carbocycles. The molecule has 2 aromatic heterocycles. The van der Waals surface area contributed by atoms with Crippen LogP contribution in [0.1, 0.15) is 53.5 Å². The van der Waals surface area contributed by atoms with Crippen molar-refractivity contribution >= 4 is 29.2 Å². The normalized spacial score (nSPS) is 12.9. The lowest BCUT2D eigenvalue weighted by Gasteiger charge is -2.29. The summed E-state index contributed by atoms with van der Waals surface area (Å²) in [5, 5.41) is 20.7. The van der Waals surface area contributed by atoms with E-state index in [-0.39, 0.29) is 34.6 Å². The van der Waals surface area contributed by atoms with Crippen molar-refractivity contribution in [2.75, 3.05) is 23.0 Å². The molecule has 0 radical (unpaired) electrons. The molecule has 9 nitrogen and oxygen atoms in total. The lowest BCUT2D eigenvalue weighted by atomic mass is 9.98. The standard InChI is InChI=1S/C24H33F2N7O2/c1-13(2)8-19(14(3)30-23(34)35-24(4,5)6)32-22-17(25)9-15(11-27)20(33-22)31-16-10-18(26)21(28-7)29-12-16/h9-10,12-14,19H,8H2,1-7H3,(H,28,29)(H,30,34)(H2,31,32,33)/t14-,19+/m0/s1. The van der Waals surface area contributed by atoms with Crippen molar-refractivity contribution in [1.82, 2.24) is 15.3 Å². The molecule has 0 aliphatic heterocycles. The lowest BCUT2D eigenvalue weighted by molar-refractivity contribution is 0.0501. The van der Waals surface area contributed by atoms with Crippen LogP contribution < -0.4 is 21.3 Å². The van der Waals surface area contributed by atoms with Crippen LogP contribution in [-0.4, -0.2) is 40.8 Å². The zero-order valence-electron chi connectivity index (χ0n) is 21.1. The molecule has 0 fully saturated rings. The van der Waals surface area contributed by atoms with Crippen molar-refractivity contribution in [3.05, 3.63) is 35.5 Å². The Balaban J connectivity index is 2.31. The predicted molar refractivity (Wildman–Crippen MR) is 132 cm³/mol. The summed E-state index contributed by atoms with van der Waals surface area (Å²) in [4.78, 5) is 20.4. The van der Waals surface area contributed by atoms with Crippen LogP contribution in [0.3, 0.4) is 0 Å². The number of hydrogen-bond acceptors (Lipinski definition) is 8. The zero-order chi connectivity index (χ0) is 26.3. The van der Waals surface area contributed by atoms with Crippen LogP contribution >= 0.6 is 0 Å². The van der Waals surface area contributed by atoms with Crippen LogP contribution in [0.2, 0.25) is 0 Å². The number of nitriles is 1. The number of amides is 1. The third kappa shape index (κ3) is 8.24. The summed E-state index contributed by atoms with van der Waals surface area (Å²) in [5.41, 5.74) is -0.487. The largest absolute Gasteiger partial charge is 0.444 e. The molecular weight excluding hydrogens is 456 g/mol. The SMILES string of the molecule is CNc1ncc(Nc2nc(N[C@H](CC(C)C)[C@H](C)NC(=O)OC(C)(C)C)c(F)cc2C#N)cc1F. The van der Waals surface area contributed by atoms with Gasteiger partial charge in [0.1, 0.15) is 11.7 Å². The molecule has 0 aliphatic rings. The molecule has 4 N–H and O–H groups in total. The van der Waals surface area contributed by atoms with Gasteiger partial charge in [-0.15, -0.1) is 0 Å². The first kappa shape index (κ1) is 27.6. The number of hydrogen-bond donors (Lipinski definition) is 4. The van der Waals surface area contributed by atoms with Gasteiger partial charge in [-0.2, -0.15) is 5.26 Å². The number of ether oxygens (including phenoxy) is 1. The van der Waals surface area contributed by atoms with Gasteiger partial charge in [0.2, 0.25) is 0 Å². The van der Waals surface area contributed by atoms with E-state index in [0.717, 1.165) is 6.07 Å². The molecule has 2 atom stereocenters. The smallest absolute Gasteiger partial charge is 0.407 e. The number of rotatable bonds is 9. The first-order valence-corrected chi connectivity index (χ1v) is 11.3. The minimum atomic E-state index is -0.736. The summed E-state index contributed by atoms with van der Waals surface area (Å²) >= 11 is 0. The first-order valence-electron chi connectivity index (χ1n) is 11.3. The third-order valence-corrected chi connectivity index (χ3v) is 4.83. The van der Waals surface area contributed by atoms with E-state index in [0.29, 0.717) is 6.42 Å². The average molecular weight is 490 g/mol. The highest BCUT2D eigenvalue weighted by Crippen LogP contribution is 2.26. The Morgan fingerprint density at radius 2 is 1.80 bits per heavy atom. The van der Waals surface area contributed by atoms with Gasteiger partial charge in [-0.05, 0) is 46.1 Å². The third-order valence-electron chi connectivity index (χ3n) is 4.83. The molecule has 2 rings (SSSR count). The molecule has 0 aliphatic carbocycles. The highest BCUT2D eigenvalue weighted by molar-refractivity contribution is 5.68. The number of carbonyl (C=O) groups is 1. The van der Waals surface area contributed by atoms with Gasteiger partial charge in [0.25, 0.3) is 0 Å². The van der Waals surface area contributed by atoms with Crippen LogP contribution in [-0.2, 0) is 4.74 Å². The summed E-state index contributed by atoms with van der Waals surface area (Å²) in [6, 6.07) is 3.27. The molecule has 1 amide bonds. The lowest BCUT2D eigenvalue weighted by Crippen LogP contribution is -2.47. The second-order valence-corrected chi connectivity index (χ2v) is 9.57. The number of nitrogens with zero attached hydrogens (tertiary/aromatic N) is 3. The van der Waals surface area contributed by atoms with Gasteiger partial charge >= 0.3 is 6.09 Å². The van der Waals surface area contributed by atoms with Gasteiger partial charge in [0, 0.05) is 25.2 Å². The van der Waals surface area contributed by atoms with E-state index >= 15 is 0 Å². The van der Waals surface area contributed by atoms with Gasteiger partial charge in [0.15, 0.2) is 29.1 Å². The second kappa shape index (κ2) is 11.6. The van der Waals surface area contributed by atoms with Crippen molar-refractivity contribution in [3.63, 3.8) is 0 Å². The highest BCUT2D eigenvalue weighted by atomic mass is 19.1. The van der Waals surface area contributed by atoms with E-state index in [9.17, 15) is 18.8 Å². The number of halogens is 2. The predicted octanol–water partition coefficient (Wildman–Crippen LogP) is 5.15. The van der Waals surface area contributed by atoms with E-state index < -0.39 is 35.4 Å². The fourth-order valence-electron chi connectivity index (χ4n) is 3.26. The van der Waals surface area contributed by atoms with E-state index in [2.05, 4.69) is 31.2 Å². The number of nitrogens with one attached hydrogen (secondary N) is 4. The number of alkyl carbamates (subject to hydrolysis) is 1. The van der Waals surface area contributed by atoms with Crippen LogP contribution in [0.4, 0.5) is 36.7 Å². The summed E-state index contributed by atoms with van der Waals surface area (Å²) in [6.45, 7) is 11.1. The summed E-state index contributed by atoms with van der Waals surface area (Å²) in [5.74, 6) is -1.14. The highest BCUT2D eigenvalue weighted by Gasteiger charge is 2.25. The van der Waals surface area contributed by atoms with Crippen molar-refractivity contribution in [2.24, 2.45) is 5.92 Å². The van der Waals surface area contributed by atoms with E-state index in [1.165, 1.54) is 19.3 Å². The Morgan fingerprint density at radius 3 is 2.34 bits per heavy atom. The van der Waals surface area contributed by atoms with Gasteiger partial charge < -0.3 is 26.0 Å².